The molecule has 0 bridgehead atoms. The summed E-state index contributed by atoms with van der Waals surface area (Å²) in [5, 5.41) is -1.97. The highest BCUT2D eigenvalue weighted by Gasteiger charge is 2.18. The minimum atomic E-state index is -1.01. The first kappa shape index (κ1) is 11.6. The number of rotatable bonds is 2. The van der Waals surface area contributed by atoms with Crippen LogP contribution in [0.2, 0.25) is 0 Å². The maximum absolute atomic E-state index is 13.3. The van der Waals surface area contributed by atoms with Gasteiger partial charge >= 0.3 is 0 Å². The normalized spacial score (nSPS) is 10.0. The Morgan fingerprint density at radius 3 is 1.79 bits per heavy atom. The van der Waals surface area contributed by atoms with E-state index in [-0.39, 0.29) is 11.1 Å². The van der Waals surface area contributed by atoms with Crippen LogP contribution in [0.4, 0.5) is 4.39 Å². The van der Waals surface area contributed by atoms with Gasteiger partial charge in [-0.1, -0.05) is 15.9 Å². The quantitative estimate of drug-likeness (QED) is 0.785. The molecule has 0 saturated carbocycles. The predicted molar refractivity (Wildman–Crippen MR) is 54.5 cm³/mol. The number of hydrogen-bond donors (Lipinski definition) is 0. The molecule has 0 heterocycles. The van der Waals surface area contributed by atoms with Crippen molar-refractivity contribution in [2.24, 2.45) is 0 Å². The third kappa shape index (κ3) is 2.32. The van der Waals surface area contributed by atoms with E-state index in [0.717, 1.165) is 0 Å². The van der Waals surface area contributed by atoms with Gasteiger partial charge < -0.3 is 0 Å². The number of benzene rings is 1. The third-order valence-corrected chi connectivity index (χ3v) is 2.33. The van der Waals surface area contributed by atoms with Crippen LogP contribution >= 0.6 is 39.1 Å². The van der Waals surface area contributed by atoms with Crippen LogP contribution in [-0.2, 0) is 0 Å². The fourth-order valence-corrected chi connectivity index (χ4v) is 1.61. The van der Waals surface area contributed by atoms with Crippen LogP contribution in [0.1, 0.15) is 20.7 Å². The van der Waals surface area contributed by atoms with Gasteiger partial charge in [0, 0.05) is 4.47 Å². The van der Waals surface area contributed by atoms with Crippen molar-refractivity contribution in [2.45, 2.75) is 0 Å². The first-order valence-corrected chi connectivity index (χ1v) is 4.87. The highest BCUT2D eigenvalue weighted by Crippen LogP contribution is 2.22. The minimum Gasteiger partial charge on any atom is -0.275 e. The van der Waals surface area contributed by atoms with Crippen LogP contribution in [0.3, 0.4) is 0 Å². The van der Waals surface area contributed by atoms with Gasteiger partial charge in [-0.25, -0.2) is 4.39 Å². The minimum absolute atomic E-state index is 0.354. The Morgan fingerprint density at radius 1 is 1.14 bits per heavy atom. The van der Waals surface area contributed by atoms with Crippen LogP contribution in [0, 0.1) is 5.82 Å². The van der Waals surface area contributed by atoms with E-state index in [1.807, 2.05) is 0 Å². The summed E-state index contributed by atoms with van der Waals surface area (Å²) < 4.78 is 13.7. The zero-order valence-electron chi connectivity index (χ0n) is 6.48. The molecule has 1 aromatic rings. The van der Waals surface area contributed by atoms with E-state index >= 15 is 0 Å². The largest absolute Gasteiger partial charge is 0.275 e. The topological polar surface area (TPSA) is 34.1 Å². The lowest BCUT2D eigenvalue weighted by Crippen LogP contribution is -2.02. The fourth-order valence-electron chi connectivity index (χ4n) is 0.875. The van der Waals surface area contributed by atoms with Gasteiger partial charge in [-0.2, -0.15) is 0 Å². The molecule has 0 aliphatic rings. The number of halogens is 4. The van der Waals surface area contributed by atoms with Gasteiger partial charge in [0.1, 0.15) is 5.82 Å². The predicted octanol–water partition coefficient (Wildman–Crippen LogP) is 3.35. The molecule has 0 unspecified atom stereocenters. The molecular weight excluding hydrogens is 298 g/mol. The average Bonchev–Trinajstić information content (AvgIpc) is 2.07. The second kappa shape index (κ2) is 4.38. The summed E-state index contributed by atoms with van der Waals surface area (Å²) in [5.74, 6) is -1.01. The Kier molecular flexibility index (Phi) is 3.64. The zero-order valence-corrected chi connectivity index (χ0v) is 9.58. The summed E-state index contributed by atoms with van der Waals surface area (Å²) in [7, 11) is 0. The van der Waals surface area contributed by atoms with Crippen molar-refractivity contribution in [3.63, 3.8) is 0 Å². The average molecular weight is 300 g/mol. The van der Waals surface area contributed by atoms with E-state index in [4.69, 9.17) is 23.2 Å². The van der Waals surface area contributed by atoms with Gasteiger partial charge in [0.25, 0.3) is 10.5 Å². The SMILES string of the molecule is O=C(Cl)c1cc(Br)cc(C(=O)Cl)c1F. The molecule has 6 heteroatoms. The van der Waals surface area contributed by atoms with Crippen LogP contribution in [-0.4, -0.2) is 10.5 Å². The molecule has 0 atom stereocenters. The monoisotopic (exact) mass is 298 g/mol. The lowest BCUT2D eigenvalue weighted by atomic mass is 10.1. The lowest BCUT2D eigenvalue weighted by molar-refractivity contribution is 0.107. The Hall–Kier alpha value is -0.450. The Labute approximate surface area is 97.1 Å². The van der Waals surface area contributed by atoms with Gasteiger partial charge in [0.2, 0.25) is 0 Å². The van der Waals surface area contributed by atoms with Crippen LogP contribution in [0.5, 0.6) is 0 Å². The second-order valence-corrected chi connectivity index (χ2v) is 3.96. The molecule has 0 aromatic heterocycles. The van der Waals surface area contributed by atoms with E-state index in [0.29, 0.717) is 4.47 Å². The first-order chi connectivity index (χ1) is 6.43. The maximum Gasteiger partial charge on any atom is 0.255 e. The Morgan fingerprint density at radius 2 is 1.50 bits per heavy atom. The molecule has 0 radical (unpaired) electrons. The highest BCUT2D eigenvalue weighted by atomic mass is 79.9. The number of carbonyl (C=O) groups excluding carboxylic acids is 2. The molecule has 1 aromatic carbocycles. The van der Waals surface area contributed by atoms with Gasteiger partial charge in [0.15, 0.2) is 0 Å². The smallest absolute Gasteiger partial charge is 0.255 e. The van der Waals surface area contributed by atoms with Crippen molar-refractivity contribution in [1.29, 1.82) is 0 Å². The van der Waals surface area contributed by atoms with E-state index < -0.39 is 16.3 Å². The molecule has 74 valence electrons. The van der Waals surface area contributed by atoms with Gasteiger partial charge in [-0.3, -0.25) is 9.59 Å². The number of hydrogen-bond acceptors (Lipinski definition) is 2. The van der Waals surface area contributed by atoms with Crippen molar-refractivity contribution in [3.8, 4) is 0 Å². The Balaban J connectivity index is 3.47. The molecule has 1 rings (SSSR count). The van der Waals surface area contributed by atoms with Crippen LogP contribution in [0.15, 0.2) is 16.6 Å². The molecular formula is C8H2BrCl2FO2. The first-order valence-electron chi connectivity index (χ1n) is 3.32. The van der Waals surface area contributed by atoms with E-state index in [1.165, 1.54) is 12.1 Å². The number of carbonyl (C=O) groups is 2. The summed E-state index contributed by atoms with van der Waals surface area (Å²) in [6.07, 6.45) is 0. The Bertz CT molecular complexity index is 385. The highest BCUT2D eigenvalue weighted by molar-refractivity contribution is 9.10. The molecule has 2 nitrogen and oxygen atoms in total. The van der Waals surface area contributed by atoms with Gasteiger partial charge in [-0.15, -0.1) is 0 Å². The molecule has 0 amide bonds. The molecule has 0 saturated heterocycles. The summed E-state index contributed by atoms with van der Waals surface area (Å²) in [6.45, 7) is 0. The summed E-state index contributed by atoms with van der Waals surface area (Å²) in [6, 6.07) is 2.35. The summed E-state index contributed by atoms with van der Waals surface area (Å²) in [4.78, 5) is 21.5. The second-order valence-electron chi connectivity index (χ2n) is 2.36. The fraction of sp³-hybridized carbons (Fsp3) is 0. The third-order valence-electron chi connectivity index (χ3n) is 1.46. The molecule has 0 fully saturated rings. The van der Waals surface area contributed by atoms with Crippen molar-refractivity contribution in [1.82, 2.24) is 0 Å². The van der Waals surface area contributed by atoms with Crippen molar-refractivity contribution in [3.05, 3.63) is 33.5 Å². The lowest BCUT2D eigenvalue weighted by Gasteiger charge is -2.02. The molecule has 0 N–H and O–H groups in total. The van der Waals surface area contributed by atoms with E-state index in [1.54, 1.807) is 0 Å². The van der Waals surface area contributed by atoms with Crippen LogP contribution in [0.25, 0.3) is 0 Å². The van der Waals surface area contributed by atoms with Crippen molar-refractivity contribution >= 4 is 49.6 Å². The van der Waals surface area contributed by atoms with Crippen molar-refractivity contribution in [2.75, 3.05) is 0 Å². The van der Waals surface area contributed by atoms with E-state index in [2.05, 4.69) is 15.9 Å². The molecule has 0 spiro atoms. The summed E-state index contributed by atoms with van der Waals surface area (Å²) in [5.41, 5.74) is -0.768. The van der Waals surface area contributed by atoms with Gasteiger partial charge in [-0.05, 0) is 35.3 Å². The summed E-state index contributed by atoms with van der Waals surface area (Å²) >= 11 is 13.2. The van der Waals surface area contributed by atoms with Crippen molar-refractivity contribution < 1.29 is 14.0 Å². The van der Waals surface area contributed by atoms with Crippen LogP contribution < -0.4 is 0 Å². The van der Waals surface area contributed by atoms with Gasteiger partial charge in [0.05, 0.1) is 11.1 Å². The standard InChI is InChI=1S/C8H2BrCl2FO2/c9-3-1-4(7(10)13)6(12)5(2-3)8(11)14/h1-2H. The maximum atomic E-state index is 13.3. The zero-order chi connectivity index (χ0) is 10.9. The molecule has 14 heavy (non-hydrogen) atoms. The molecule has 0 aliphatic heterocycles. The molecule has 0 aliphatic carbocycles. The van der Waals surface area contributed by atoms with E-state index in [9.17, 15) is 14.0 Å².